The first kappa shape index (κ1) is 16.1. The van der Waals surface area contributed by atoms with Crippen LogP contribution >= 0.6 is 11.8 Å². The second-order valence-electron chi connectivity index (χ2n) is 5.30. The maximum Gasteiger partial charge on any atom is 0.100 e. The molecule has 0 aliphatic rings. The Balaban J connectivity index is 2.70. The SMILES string of the molecule is CCC(C)Sc1ccc(CNCC(C)C)cc1C#N. The largest absolute Gasteiger partial charge is 0.312 e. The fraction of sp³-hybridized carbons (Fsp3) is 0.562. The van der Waals surface area contributed by atoms with Crippen molar-refractivity contribution in [2.75, 3.05) is 6.54 Å². The summed E-state index contributed by atoms with van der Waals surface area (Å²) in [6.07, 6.45) is 1.12. The number of hydrogen-bond acceptors (Lipinski definition) is 3. The Morgan fingerprint density at radius 2 is 2.05 bits per heavy atom. The smallest absolute Gasteiger partial charge is 0.100 e. The molecule has 1 rings (SSSR count). The van der Waals surface area contributed by atoms with Crippen molar-refractivity contribution in [3.05, 3.63) is 29.3 Å². The molecule has 0 aliphatic carbocycles. The molecule has 0 radical (unpaired) electrons. The highest BCUT2D eigenvalue weighted by atomic mass is 32.2. The number of hydrogen-bond donors (Lipinski definition) is 1. The van der Waals surface area contributed by atoms with E-state index < -0.39 is 0 Å². The van der Waals surface area contributed by atoms with Crippen LogP contribution in [0.25, 0.3) is 0 Å². The molecule has 0 heterocycles. The predicted octanol–water partition coefficient (Wildman–Crippen LogP) is 4.19. The molecule has 1 aromatic rings. The summed E-state index contributed by atoms with van der Waals surface area (Å²) in [5, 5.41) is 13.2. The third-order valence-electron chi connectivity index (χ3n) is 2.95. The van der Waals surface area contributed by atoms with Gasteiger partial charge in [-0.3, -0.25) is 0 Å². The van der Waals surface area contributed by atoms with E-state index in [0.717, 1.165) is 30.0 Å². The van der Waals surface area contributed by atoms with Gasteiger partial charge in [0.15, 0.2) is 0 Å². The van der Waals surface area contributed by atoms with Crippen LogP contribution in [0.1, 0.15) is 45.2 Å². The third kappa shape index (κ3) is 5.67. The van der Waals surface area contributed by atoms with Crippen molar-refractivity contribution in [1.29, 1.82) is 5.26 Å². The van der Waals surface area contributed by atoms with Crippen molar-refractivity contribution in [2.45, 2.75) is 50.8 Å². The zero-order chi connectivity index (χ0) is 14.3. The van der Waals surface area contributed by atoms with Crippen LogP contribution < -0.4 is 5.32 Å². The van der Waals surface area contributed by atoms with Gasteiger partial charge in [-0.1, -0.05) is 33.8 Å². The lowest BCUT2D eigenvalue weighted by Crippen LogP contribution is -2.19. The van der Waals surface area contributed by atoms with Crippen LogP contribution in [0.3, 0.4) is 0 Å². The minimum atomic E-state index is 0.553. The molecule has 19 heavy (non-hydrogen) atoms. The van der Waals surface area contributed by atoms with E-state index in [9.17, 15) is 5.26 Å². The standard InChI is InChI=1S/C16H24N2S/c1-5-13(4)19-16-7-6-14(8-15(16)9-17)11-18-10-12(2)3/h6-8,12-13,18H,5,10-11H2,1-4H3. The van der Waals surface area contributed by atoms with Crippen LogP contribution in [0.5, 0.6) is 0 Å². The van der Waals surface area contributed by atoms with Gasteiger partial charge >= 0.3 is 0 Å². The molecular weight excluding hydrogens is 252 g/mol. The van der Waals surface area contributed by atoms with E-state index in [-0.39, 0.29) is 0 Å². The monoisotopic (exact) mass is 276 g/mol. The van der Waals surface area contributed by atoms with Crippen LogP contribution in [-0.4, -0.2) is 11.8 Å². The Kier molecular flexibility index (Phi) is 6.97. The van der Waals surface area contributed by atoms with Gasteiger partial charge < -0.3 is 5.32 Å². The summed E-state index contributed by atoms with van der Waals surface area (Å²) in [6.45, 7) is 10.6. The van der Waals surface area contributed by atoms with E-state index in [2.05, 4.69) is 51.2 Å². The number of rotatable bonds is 7. The van der Waals surface area contributed by atoms with Gasteiger partial charge in [-0.15, -0.1) is 11.8 Å². The Hall–Kier alpha value is -0.980. The molecule has 0 spiro atoms. The summed E-state index contributed by atoms with van der Waals surface area (Å²) in [6, 6.07) is 8.54. The van der Waals surface area contributed by atoms with Gasteiger partial charge in [-0.25, -0.2) is 0 Å². The highest BCUT2D eigenvalue weighted by molar-refractivity contribution is 8.00. The Morgan fingerprint density at radius 3 is 2.63 bits per heavy atom. The number of benzene rings is 1. The van der Waals surface area contributed by atoms with Gasteiger partial charge in [-0.05, 0) is 36.6 Å². The minimum Gasteiger partial charge on any atom is -0.312 e. The van der Waals surface area contributed by atoms with Gasteiger partial charge in [0.1, 0.15) is 6.07 Å². The van der Waals surface area contributed by atoms with Gasteiger partial charge in [0.2, 0.25) is 0 Å². The van der Waals surface area contributed by atoms with Crippen molar-refractivity contribution in [3.8, 4) is 6.07 Å². The van der Waals surface area contributed by atoms with Gasteiger partial charge in [0.05, 0.1) is 5.56 Å². The minimum absolute atomic E-state index is 0.553. The zero-order valence-corrected chi connectivity index (χ0v) is 13.2. The molecule has 0 bridgehead atoms. The molecule has 3 heteroatoms. The predicted molar refractivity (Wildman–Crippen MR) is 83.3 cm³/mol. The molecule has 0 aliphatic heterocycles. The average Bonchev–Trinajstić information content (AvgIpc) is 2.39. The Bertz CT molecular complexity index is 435. The second kappa shape index (κ2) is 8.24. The lowest BCUT2D eigenvalue weighted by atomic mass is 10.1. The van der Waals surface area contributed by atoms with Gasteiger partial charge in [0, 0.05) is 16.7 Å². The van der Waals surface area contributed by atoms with Crippen LogP contribution in [0.2, 0.25) is 0 Å². The molecule has 0 saturated heterocycles. The van der Waals surface area contributed by atoms with E-state index in [1.54, 1.807) is 11.8 Å². The average molecular weight is 276 g/mol. The summed E-state index contributed by atoms with van der Waals surface area (Å²) in [5.41, 5.74) is 1.99. The van der Waals surface area contributed by atoms with Crippen molar-refractivity contribution >= 4 is 11.8 Å². The number of nitrogens with zero attached hydrogens (tertiary/aromatic N) is 1. The molecule has 0 saturated carbocycles. The van der Waals surface area contributed by atoms with Crippen molar-refractivity contribution < 1.29 is 0 Å². The molecule has 1 atom stereocenters. The molecule has 2 nitrogen and oxygen atoms in total. The highest BCUT2D eigenvalue weighted by Crippen LogP contribution is 2.28. The lowest BCUT2D eigenvalue weighted by molar-refractivity contribution is 0.552. The summed E-state index contributed by atoms with van der Waals surface area (Å²) >= 11 is 1.79. The lowest BCUT2D eigenvalue weighted by Gasteiger charge is -2.12. The van der Waals surface area contributed by atoms with Gasteiger partial charge in [0.25, 0.3) is 0 Å². The first-order valence-corrected chi connectivity index (χ1v) is 7.85. The fourth-order valence-corrected chi connectivity index (χ4v) is 2.66. The number of nitrogens with one attached hydrogen (secondary N) is 1. The van der Waals surface area contributed by atoms with E-state index in [0.29, 0.717) is 11.2 Å². The highest BCUT2D eigenvalue weighted by Gasteiger charge is 2.08. The molecule has 1 unspecified atom stereocenters. The van der Waals surface area contributed by atoms with Crippen LogP contribution in [0.15, 0.2) is 23.1 Å². The summed E-state index contributed by atoms with van der Waals surface area (Å²) in [4.78, 5) is 1.10. The maximum atomic E-state index is 9.26. The Labute approximate surface area is 121 Å². The maximum absolute atomic E-state index is 9.26. The van der Waals surface area contributed by atoms with Gasteiger partial charge in [-0.2, -0.15) is 5.26 Å². The van der Waals surface area contributed by atoms with Crippen LogP contribution in [-0.2, 0) is 6.54 Å². The number of thioether (sulfide) groups is 1. The molecular formula is C16H24N2S. The van der Waals surface area contributed by atoms with Crippen molar-refractivity contribution in [1.82, 2.24) is 5.32 Å². The molecule has 0 amide bonds. The molecule has 1 N–H and O–H groups in total. The first-order chi connectivity index (χ1) is 9.06. The first-order valence-electron chi connectivity index (χ1n) is 6.97. The molecule has 1 aromatic carbocycles. The quantitative estimate of drug-likeness (QED) is 0.758. The fourth-order valence-electron chi connectivity index (χ4n) is 1.68. The van der Waals surface area contributed by atoms with Crippen LogP contribution in [0, 0.1) is 17.2 Å². The second-order valence-corrected chi connectivity index (χ2v) is 6.78. The molecule has 0 aromatic heterocycles. The van der Waals surface area contributed by atoms with Crippen LogP contribution in [0.4, 0.5) is 0 Å². The Morgan fingerprint density at radius 1 is 1.32 bits per heavy atom. The molecule has 104 valence electrons. The molecule has 0 fully saturated rings. The summed E-state index contributed by atoms with van der Waals surface area (Å²) in [5.74, 6) is 0.649. The zero-order valence-electron chi connectivity index (χ0n) is 12.4. The van der Waals surface area contributed by atoms with E-state index in [1.807, 2.05) is 6.07 Å². The van der Waals surface area contributed by atoms with E-state index in [4.69, 9.17) is 0 Å². The topological polar surface area (TPSA) is 35.8 Å². The number of nitriles is 1. The van der Waals surface area contributed by atoms with Crippen molar-refractivity contribution in [2.24, 2.45) is 5.92 Å². The van der Waals surface area contributed by atoms with Crippen molar-refractivity contribution in [3.63, 3.8) is 0 Å². The van der Waals surface area contributed by atoms with E-state index in [1.165, 1.54) is 5.56 Å². The summed E-state index contributed by atoms with van der Waals surface area (Å²) < 4.78 is 0. The third-order valence-corrected chi connectivity index (χ3v) is 4.29. The normalized spacial score (nSPS) is 12.4. The van der Waals surface area contributed by atoms with E-state index >= 15 is 0 Å². The summed E-state index contributed by atoms with van der Waals surface area (Å²) in [7, 11) is 0.